The summed E-state index contributed by atoms with van der Waals surface area (Å²) in [6.45, 7) is 2.26. The van der Waals surface area contributed by atoms with Gasteiger partial charge >= 0.3 is 0 Å². The highest BCUT2D eigenvalue weighted by Crippen LogP contribution is 2.12. The number of rotatable bonds is 7. The van der Waals surface area contributed by atoms with E-state index in [4.69, 9.17) is 0 Å². The molecule has 1 saturated heterocycles. The fraction of sp³-hybridized carbons (Fsp3) is 0.600. The minimum Gasteiger partial charge on any atom is -0.356 e. The van der Waals surface area contributed by atoms with Gasteiger partial charge in [-0.25, -0.2) is 12.7 Å². The second-order valence-corrected chi connectivity index (χ2v) is 8.64. The molecular weight excluding hydrogens is 473 g/mol. The van der Waals surface area contributed by atoms with Crippen molar-refractivity contribution >= 4 is 51.7 Å². The molecule has 1 fully saturated rings. The number of hydrogen-bond donors (Lipinski definition) is 2. The molecule has 0 atom stereocenters. The Hall–Kier alpha value is -0.590. The molecule has 0 saturated carbocycles. The smallest absolute Gasteiger partial charge is 0.215 e. The van der Waals surface area contributed by atoms with E-state index in [1.807, 2.05) is 18.2 Å². The fourth-order valence-corrected chi connectivity index (χ4v) is 4.82. The number of halogens is 1. The standard InChI is InChI=1S/C15H25N5O2S2.HI/c1-16-15(18-7-5-14-4-2-3-6-17-14)19-8-13-24(21,22)20-9-11-23-12-10-20;/h2-4,6H,5,7-13H2,1H3,(H2,16,18,19);1H. The van der Waals surface area contributed by atoms with Crippen molar-refractivity contribution in [2.75, 3.05) is 50.5 Å². The minimum absolute atomic E-state index is 0. The third-order valence-corrected chi connectivity index (χ3v) is 6.45. The van der Waals surface area contributed by atoms with Crippen molar-refractivity contribution in [2.24, 2.45) is 4.99 Å². The van der Waals surface area contributed by atoms with E-state index in [1.165, 1.54) is 0 Å². The second kappa shape index (κ2) is 11.9. The van der Waals surface area contributed by atoms with Crippen LogP contribution in [0.2, 0.25) is 0 Å². The first-order chi connectivity index (χ1) is 11.6. The highest BCUT2D eigenvalue weighted by atomic mass is 127. The molecule has 1 aromatic heterocycles. The normalized spacial score (nSPS) is 16.1. The summed E-state index contributed by atoms with van der Waals surface area (Å²) in [6, 6.07) is 5.82. The fourth-order valence-electron chi connectivity index (χ4n) is 2.33. The summed E-state index contributed by atoms with van der Waals surface area (Å²) in [6.07, 6.45) is 2.55. The molecule has 0 radical (unpaired) electrons. The quantitative estimate of drug-likeness (QED) is 0.328. The Balaban J connectivity index is 0.00000312. The molecule has 2 heterocycles. The van der Waals surface area contributed by atoms with E-state index in [9.17, 15) is 8.42 Å². The molecule has 0 amide bonds. The average molecular weight is 499 g/mol. The van der Waals surface area contributed by atoms with Gasteiger partial charge in [0.1, 0.15) is 0 Å². The van der Waals surface area contributed by atoms with E-state index in [1.54, 1.807) is 29.3 Å². The van der Waals surface area contributed by atoms with Crippen LogP contribution in [0.25, 0.3) is 0 Å². The van der Waals surface area contributed by atoms with Gasteiger partial charge < -0.3 is 10.6 Å². The summed E-state index contributed by atoms with van der Waals surface area (Å²) in [5.41, 5.74) is 1.01. The monoisotopic (exact) mass is 499 g/mol. The molecule has 1 aliphatic heterocycles. The van der Waals surface area contributed by atoms with Gasteiger partial charge in [0.05, 0.1) is 5.75 Å². The van der Waals surface area contributed by atoms with Gasteiger partial charge in [-0.05, 0) is 12.1 Å². The Kier molecular flexibility index (Phi) is 10.7. The van der Waals surface area contributed by atoms with E-state index < -0.39 is 10.0 Å². The summed E-state index contributed by atoms with van der Waals surface area (Å²) in [5, 5.41) is 6.23. The zero-order valence-electron chi connectivity index (χ0n) is 14.3. The number of pyridine rings is 1. The summed E-state index contributed by atoms with van der Waals surface area (Å²) in [4.78, 5) is 8.37. The Morgan fingerprint density at radius 2 is 2.00 bits per heavy atom. The SMILES string of the molecule is CN=C(NCCc1ccccn1)NCCS(=O)(=O)N1CCSCC1.I. The van der Waals surface area contributed by atoms with Crippen LogP contribution in [-0.2, 0) is 16.4 Å². The molecule has 142 valence electrons. The second-order valence-electron chi connectivity index (χ2n) is 5.32. The zero-order chi connectivity index (χ0) is 17.3. The maximum Gasteiger partial charge on any atom is 0.215 e. The molecule has 1 aliphatic rings. The predicted octanol–water partition coefficient (Wildman–Crippen LogP) is 0.786. The van der Waals surface area contributed by atoms with Crippen molar-refractivity contribution in [3.63, 3.8) is 0 Å². The van der Waals surface area contributed by atoms with Crippen molar-refractivity contribution in [3.8, 4) is 0 Å². The number of nitrogens with zero attached hydrogens (tertiary/aromatic N) is 3. The number of guanidine groups is 1. The molecule has 0 aliphatic carbocycles. The van der Waals surface area contributed by atoms with Crippen molar-refractivity contribution < 1.29 is 8.42 Å². The number of thioether (sulfide) groups is 1. The third-order valence-electron chi connectivity index (χ3n) is 3.64. The van der Waals surface area contributed by atoms with E-state index in [2.05, 4.69) is 20.6 Å². The van der Waals surface area contributed by atoms with E-state index in [0.29, 0.717) is 32.1 Å². The molecule has 0 unspecified atom stereocenters. The Morgan fingerprint density at radius 3 is 2.64 bits per heavy atom. The number of aromatic nitrogens is 1. The summed E-state index contributed by atoms with van der Waals surface area (Å²) < 4.78 is 26.1. The average Bonchev–Trinajstić information content (AvgIpc) is 2.62. The van der Waals surface area contributed by atoms with Crippen LogP contribution >= 0.6 is 35.7 Å². The largest absolute Gasteiger partial charge is 0.356 e. The van der Waals surface area contributed by atoms with Crippen LogP contribution in [0, 0.1) is 0 Å². The van der Waals surface area contributed by atoms with Crippen LogP contribution in [0.5, 0.6) is 0 Å². The van der Waals surface area contributed by atoms with Crippen LogP contribution in [0.3, 0.4) is 0 Å². The first kappa shape index (κ1) is 22.5. The lowest BCUT2D eigenvalue weighted by molar-refractivity contribution is 0.443. The van der Waals surface area contributed by atoms with E-state index in [0.717, 1.165) is 23.6 Å². The van der Waals surface area contributed by atoms with E-state index in [-0.39, 0.29) is 29.7 Å². The first-order valence-corrected chi connectivity index (χ1v) is 10.8. The van der Waals surface area contributed by atoms with Crippen LogP contribution in [-0.4, -0.2) is 74.2 Å². The molecule has 10 heteroatoms. The van der Waals surface area contributed by atoms with Crippen LogP contribution in [0.4, 0.5) is 0 Å². The van der Waals surface area contributed by atoms with Gasteiger partial charge in [-0.15, -0.1) is 24.0 Å². The van der Waals surface area contributed by atoms with Gasteiger partial charge in [-0.3, -0.25) is 9.98 Å². The van der Waals surface area contributed by atoms with Gasteiger partial charge in [0.25, 0.3) is 0 Å². The van der Waals surface area contributed by atoms with Crippen molar-refractivity contribution in [1.29, 1.82) is 0 Å². The van der Waals surface area contributed by atoms with Gasteiger partial charge in [0.15, 0.2) is 5.96 Å². The number of aliphatic imine (C=N–C) groups is 1. The van der Waals surface area contributed by atoms with Gasteiger partial charge in [0, 0.05) is 63.0 Å². The lowest BCUT2D eigenvalue weighted by Crippen LogP contribution is -2.44. The zero-order valence-corrected chi connectivity index (χ0v) is 18.3. The van der Waals surface area contributed by atoms with Crippen molar-refractivity contribution in [1.82, 2.24) is 19.9 Å². The van der Waals surface area contributed by atoms with Crippen molar-refractivity contribution in [2.45, 2.75) is 6.42 Å². The van der Waals surface area contributed by atoms with Crippen LogP contribution in [0.15, 0.2) is 29.4 Å². The Labute approximate surface area is 171 Å². The van der Waals surface area contributed by atoms with Crippen molar-refractivity contribution in [3.05, 3.63) is 30.1 Å². The maximum atomic E-state index is 12.3. The van der Waals surface area contributed by atoms with Crippen LogP contribution in [0.1, 0.15) is 5.69 Å². The lowest BCUT2D eigenvalue weighted by atomic mass is 10.3. The number of hydrogen-bond acceptors (Lipinski definition) is 5. The molecule has 0 aromatic carbocycles. The number of nitrogens with one attached hydrogen (secondary N) is 2. The Morgan fingerprint density at radius 1 is 1.28 bits per heavy atom. The Bertz CT molecular complexity index is 622. The molecule has 0 bridgehead atoms. The maximum absolute atomic E-state index is 12.3. The lowest BCUT2D eigenvalue weighted by Gasteiger charge is -2.25. The molecule has 1 aromatic rings. The predicted molar refractivity (Wildman–Crippen MR) is 115 cm³/mol. The topological polar surface area (TPSA) is 86.7 Å². The molecule has 2 rings (SSSR count). The first-order valence-electron chi connectivity index (χ1n) is 8.02. The van der Waals surface area contributed by atoms with Gasteiger partial charge in [-0.2, -0.15) is 11.8 Å². The molecule has 2 N–H and O–H groups in total. The van der Waals surface area contributed by atoms with Gasteiger partial charge in [-0.1, -0.05) is 6.07 Å². The molecule has 0 spiro atoms. The number of sulfonamides is 1. The highest BCUT2D eigenvalue weighted by molar-refractivity contribution is 14.0. The highest BCUT2D eigenvalue weighted by Gasteiger charge is 2.23. The molecular formula is C15H26IN5O2S2. The third kappa shape index (κ3) is 8.09. The summed E-state index contributed by atoms with van der Waals surface area (Å²) in [7, 11) is -1.51. The molecule has 7 nitrogen and oxygen atoms in total. The summed E-state index contributed by atoms with van der Waals surface area (Å²) in [5.74, 6) is 2.45. The van der Waals surface area contributed by atoms with Gasteiger partial charge in [0.2, 0.25) is 10.0 Å². The van der Waals surface area contributed by atoms with Crippen LogP contribution < -0.4 is 10.6 Å². The molecule has 25 heavy (non-hydrogen) atoms. The van der Waals surface area contributed by atoms with E-state index >= 15 is 0 Å². The summed E-state index contributed by atoms with van der Waals surface area (Å²) >= 11 is 1.80. The minimum atomic E-state index is -3.19.